The number of aromatic nitrogens is 6. The number of hydrogen-bond donors (Lipinski definition) is 4. The highest BCUT2D eigenvalue weighted by atomic mass is 32.1. The number of H-pyrrole nitrogens is 2. The van der Waals surface area contributed by atoms with Crippen molar-refractivity contribution in [3.8, 4) is 0 Å². The predicted molar refractivity (Wildman–Crippen MR) is 116 cm³/mol. The zero-order valence-corrected chi connectivity index (χ0v) is 17.5. The second-order valence-electron chi connectivity index (χ2n) is 6.81. The minimum absolute atomic E-state index is 0.219. The first-order valence-electron chi connectivity index (χ1n) is 9.29. The van der Waals surface area contributed by atoms with Crippen molar-refractivity contribution >= 4 is 24.4 Å². The largest absolute Gasteiger partial charge is 0.382 e. The summed E-state index contributed by atoms with van der Waals surface area (Å²) < 4.78 is 4.01. The Hall–Kier alpha value is -2.92. The van der Waals surface area contributed by atoms with E-state index in [4.69, 9.17) is 24.4 Å². The maximum Gasteiger partial charge on any atom is 0.195 e. The van der Waals surface area contributed by atoms with Gasteiger partial charge in [0.1, 0.15) is 12.2 Å². The highest BCUT2D eigenvalue weighted by Gasteiger charge is 2.29. The molecule has 0 aliphatic carbocycles. The Bertz CT molecular complexity index is 1130. The number of aliphatic hydroxyl groups is 2. The first-order chi connectivity index (χ1) is 14.5. The Balaban J connectivity index is 1.63. The second-order valence-corrected chi connectivity index (χ2v) is 7.58. The van der Waals surface area contributed by atoms with E-state index in [2.05, 4.69) is 20.4 Å². The molecule has 2 unspecified atom stereocenters. The number of benzene rings is 2. The summed E-state index contributed by atoms with van der Waals surface area (Å²) in [5.74, 6) is 0.438. The van der Waals surface area contributed by atoms with Gasteiger partial charge in [-0.25, -0.2) is 0 Å². The minimum Gasteiger partial charge on any atom is -0.382 e. The molecule has 154 valence electrons. The monoisotopic (exact) mass is 440 g/mol. The van der Waals surface area contributed by atoms with E-state index in [1.807, 2.05) is 60.7 Å². The molecule has 2 aromatic heterocycles. The fourth-order valence-electron chi connectivity index (χ4n) is 3.23. The zero-order valence-electron chi connectivity index (χ0n) is 15.8. The summed E-state index contributed by atoms with van der Waals surface area (Å²) in [5, 5.41) is 35.5. The van der Waals surface area contributed by atoms with Crippen LogP contribution < -0.4 is 0 Å². The Morgan fingerprint density at radius 2 is 1.07 bits per heavy atom. The van der Waals surface area contributed by atoms with Crippen LogP contribution in [0.3, 0.4) is 0 Å². The molecule has 0 aliphatic heterocycles. The predicted octanol–water partition coefficient (Wildman–Crippen LogP) is 3.06. The Labute approximate surface area is 182 Å². The average molecular weight is 441 g/mol. The van der Waals surface area contributed by atoms with Gasteiger partial charge in [0.2, 0.25) is 0 Å². The van der Waals surface area contributed by atoms with Crippen molar-refractivity contribution in [1.29, 1.82) is 0 Å². The Morgan fingerprint density at radius 3 is 1.43 bits per heavy atom. The van der Waals surface area contributed by atoms with Crippen LogP contribution in [0.4, 0.5) is 0 Å². The van der Waals surface area contributed by atoms with Gasteiger partial charge in [-0.1, -0.05) is 60.7 Å². The number of nitrogens with one attached hydrogen (secondary N) is 2. The molecule has 10 heteroatoms. The number of rotatable bonds is 7. The topological polar surface area (TPSA) is 108 Å². The van der Waals surface area contributed by atoms with E-state index in [0.29, 0.717) is 22.6 Å². The van der Waals surface area contributed by atoms with Gasteiger partial charge >= 0.3 is 0 Å². The molecule has 2 atom stereocenters. The summed E-state index contributed by atoms with van der Waals surface area (Å²) in [7, 11) is 0. The van der Waals surface area contributed by atoms with Crippen molar-refractivity contribution in [2.45, 2.75) is 25.3 Å². The molecular weight excluding hydrogens is 420 g/mol. The van der Waals surface area contributed by atoms with Gasteiger partial charge in [0.25, 0.3) is 0 Å². The number of nitrogens with zero attached hydrogens (tertiary/aromatic N) is 4. The van der Waals surface area contributed by atoms with Gasteiger partial charge in [-0.2, -0.15) is 10.2 Å². The molecule has 2 heterocycles. The lowest BCUT2D eigenvalue weighted by molar-refractivity contribution is 0.00227. The van der Waals surface area contributed by atoms with Crippen LogP contribution in [0, 0.1) is 9.54 Å². The summed E-state index contributed by atoms with van der Waals surface area (Å²) >= 11 is 10.6. The van der Waals surface area contributed by atoms with E-state index in [0.717, 1.165) is 11.1 Å². The third-order valence-electron chi connectivity index (χ3n) is 4.77. The molecule has 0 radical (unpaired) electrons. The standard InChI is InChI=1S/C20H20N6O2S2/c27-15(17-21-23-19(29)25(17)11-13-7-3-1-4-8-13)16(28)18-22-24-20(30)26(18)12-14-9-5-2-6-10-14/h1-10,15-16,27-28H,11-12H2,(H,23,29)(H,24,30). The van der Waals surface area contributed by atoms with Crippen molar-refractivity contribution in [3.63, 3.8) is 0 Å². The van der Waals surface area contributed by atoms with E-state index >= 15 is 0 Å². The molecule has 0 saturated carbocycles. The third kappa shape index (κ3) is 4.17. The first-order valence-corrected chi connectivity index (χ1v) is 10.1. The van der Waals surface area contributed by atoms with E-state index in [-0.39, 0.29) is 11.6 Å². The lowest BCUT2D eigenvalue weighted by atomic mass is 10.1. The fourth-order valence-corrected chi connectivity index (χ4v) is 3.64. The van der Waals surface area contributed by atoms with Crippen LogP contribution in [-0.4, -0.2) is 39.7 Å². The van der Waals surface area contributed by atoms with Crippen LogP contribution in [0.25, 0.3) is 0 Å². The van der Waals surface area contributed by atoms with E-state index in [9.17, 15) is 10.2 Å². The first kappa shape index (κ1) is 20.4. The molecule has 2 aromatic carbocycles. The minimum atomic E-state index is -1.36. The molecule has 0 saturated heterocycles. The summed E-state index contributed by atoms with van der Waals surface area (Å²) in [6.45, 7) is 0.818. The Kier molecular flexibility index (Phi) is 6.00. The summed E-state index contributed by atoms with van der Waals surface area (Å²) in [4.78, 5) is 0. The molecule has 0 fully saturated rings. The van der Waals surface area contributed by atoms with Crippen molar-refractivity contribution < 1.29 is 10.2 Å². The van der Waals surface area contributed by atoms with Crippen LogP contribution in [0.1, 0.15) is 35.0 Å². The van der Waals surface area contributed by atoms with Gasteiger partial charge in [0, 0.05) is 0 Å². The SMILES string of the molecule is OC(c1n[nH]c(=S)n1Cc1ccccc1)C(O)c1n[nH]c(=S)n1Cc1ccccc1. The maximum absolute atomic E-state index is 10.9. The second kappa shape index (κ2) is 8.84. The fraction of sp³-hybridized carbons (Fsp3) is 0.200. The lowest BCUT2D eigenvalue weighted by Crippen LogP contribution is -2.20. The van der Waals surface area contributed by atoms with Gasteiger partial charge in [0.05, 0.1) is 13.1 Å². The van der Waals surface area contributed by atoms with Crippen LogP contribution in [-0.2, 0) is 13.1 Å². The number of aromatic amines is 2. The summed E-state index contributed by atoms with van der Waals surface area (Å²) in [6.07, 6.45) is -2.72. The number of hydrogen-bond acceptors (Lipinski definition) is 6. The number of aliphatic hydroxyl groups excluding tert-OH is 2. The van der Waals surface area contributed by atoms with Gasteiger partial charge in [-0.3, -0.25) is 19.3 Å². The molecule has 4 aromatic rings. The van der Waals surface area contributed by atoms with Crippen molar-refractivity contribution in [3.05, 3.63) is 93.0 Å². The van der Waals surface area contributed by atoms with Gasteiger partial charge < -0.3 is 10.2 Å². The van der Waals surface area contributed by atoms with Gasteiger partial charge in [-0.15, -0.1) is 0 Å². The van der Waals surface area contributed by atoms with E-state index in [1.165, 1.54) is 0 Å². The third-order valence-corrected chi connectivity index (χ3v) is 5.39. The van der Waals surface area contributed by atoms with Crippen molar-refractivity contribution in [2.75, 3.05) is 0 Å². The average Bonchev–Trinajstić information content (AvgIpc) is 3.31. The normalized spacial score (nSPS) is 13.3. The van der Waals surface area contributed by atoms with Gasteiger partial charge in [-0.05, 0) is 35.6 Å². The van der Waals surface area contributed by atoms with Crippen molar-refractivity contribution in [1.82, 2.24) is 29.5 Å². The molecule has 0 spiro atoms. The highest BCUT2D eigenvalue weighted by molar-refractivity contribution is 7.71. The molecule has 0 aliphatic rings. The molecule has 4 N–H and O–H groups in total. The lowest BCUT2D eigenvalue weighted by Gasteiger charge is -2.18. The van der Waals surface area contributed by atoms with E-state index < -0.39 is 12.2 Å². The van der Waals surface area contributed by atoms with Crippen LogP contribution in [0.5, 0.6) is 0 Å². The molecule has 0 amide bonds. The van der Waals surface area contributed by atoms with Crippen LogP contribution >= 0.6 is 24.4 Å². The van der Waals surface area contributed by atoms with E-state index in [1.54, 1.807) is 9.13 Å². The molecule has 4 rings (SSSR count). The van der Waals surface area contributed by atoms with Crippen LogP contribution in [0.2, 0.25) is 0 Å². The molecular formula is C20H20N6O2S2. The molecule has 8 nitrogen and oxygen atoms in total. The van der Waals surface area contributed by atoms with Crippen molar-refractivity contribution in [2.24, 2.45) is 0 Å². The highest BCUT2D eigenvalue weighted by Crippen LogP contribution is 2.27. The van der Waals surface area contributed by atoms with Gasteiger partial charge in [0.15, 0.2) is 21.2 Å². The molecule has 0 bridgehead atoms. The zero-order chi connectivity index (χ0) is 21.1. The smallest absolute Gasteiger partial charge is 0.195 e. The Morgan fingerprint density at radius 1 is 0.700 bits per heavy atom. The summed E-state index contributed by atoms with van der Waals surface area (Å²) in [5.41, 5.74) is 1.98. The summed E-state index contributed by atoms with van der Waals surface area (Å²) in [6, 6.07) is 19.3. The molecule has 30 heavy (non-hydrogen) atoms. The maximum atomic E-state index is 10.9. The van der Waals surface area contributed by atoms with Crippen LogP contribution in [0.15, 0.2) is 60.7 Å². The quantitative estimate of drug-likeness (QED) is 0.329.